The standard InChI is InChI=1S/C10H12F3N/c1-10(2,13)7-3-6(5-14)9(12)8(11)4-7/h3-4H,5,14H2,1-2H3. The quantitative estimate of drug-likeness (QED) is 0.785. The first kappa shape index (κ1) is 11.0. The summed E-state index contributed by atoms with van der Waals surface area (Å²) in [5.41, 5.74) is 3.59. The van der Waals surface area contributed by atoms with Gasteiger partial charge in [-0.1, -0.05) is 0 Å². The maximum absolute atomic E-state index is 13.4. The summed E-state index contributed by atoms with van der Waals surface area (Å²) in [7, 11) is 0. The molecule has 0 spiro atoms. The van der Waals surface area contributed by atoms with Crippen LogP contribution in [0.3, 0.4) is 0 Å². The van der Waals surface area contributed by atoms with Crippen molar-refractivity contribution in [2.75, 3.05) is 0 Å². The first-order valence-electron chi connectivity index (χ1n) is 4.23. The summed E-state index contributed by atoms with van der Waals surface area (Å²) in [5.74, 6) is -2.06. The molecule has 1 aromatic carbocycles. The zero-order valence-electron chi connectivity index (χ0n) is 8.07. The second-order valence-corrected chi connectivity index (χ2v) is 3.61. The molecule has 4 heteroatoms. The fourth-order valence-electron chi connectivity index (χ4n) is 1.14. The van der Waals surface area contributed by atoms with Crippen LogP contribution in [0.5, 0.6) is 0 Å². The van der Waals surface area contributed by atoms with E-state index in [9.17, 15) is 13.2 Å². The van der Waals surface area contributed by atoms with Crippen molar-refractivity contribution in [3.8, 4) is 0 Å². The highest BCUT2D eigenvalue weighted by molar-refractivity contribution is 5.29. The maximum Gasteiger partial charge on any atom is 0.163 e. The lowest BCUT2D eigenvalue weighted by molar-refractivity contribution is 0.220. The van der Waals surface area contributed by atoms with Gasteiger partial charge in [0.1, 0.15) is 5.67 Å². The lowest BCUT2D eigenvalue weighted by Gasteiger charge is -2.16. The van der Waals surface area contributed by atoms with Crippen LogP contribution in [0.4, 0.5) is 13.2 Å². The molecule has 0 aromatic heterocycles. The van der Waals surface area contributed by atoms with Crippen LogP contribution >= 0.6 is 0 Å². The Labute approximate surface area is 80.7 Å². The summed E-state index contributed by atoms with van der Waals surface area (Å²) >= 11 is 0. The average Bonchev–Trinajstić information content (AvgIpc) is 2.07. The lowest BCUT2D eigenvalue weighted by Crippen LogP contribution is -2.12. The molecule has 0 atom stereocenters. The molecule has 0 unspecified atom stereocenters. The van der Waals surface area contributed by atoms with Crippen molar-refractivity contribution in [1.29, 1.82) is 0 Å². The van der Waals surface area contributed by atoms with Crippen molar-refractivity contribution in [3.05, 3.63) is 34.9 Å². The number of nitrogens with two attached hydrogens (primary N) is 1. The second-order valence-electron chi connectivity index (χ2n) is 3.61. The topological polar surface area (TPSA) is 26.0 Å². The van der Waals surface area contributed by atoms with Crippen LogP contribution in [0.2, 0.25) is 0 Å². The van der Waals surface area contributed by atoms with E-state index in [0.717, 1.165) is 6.07 Å². The highest BCUT2D eigenvalue weighted by atomic mass is 19.2. The number of rotatable bonds is 2. The van der Waals surface area contributed by atoms with E-state index in [-0.39, 0.29) is 17.7 Å². The van der Waals surface area contributed by atoms with Gasteiger partial charge in [0.25, 0.3) is 0 Å². The Balaban J connectivity index is 3.30. The molecule has 0 amide bonds. The zero-order valence-corrected chi connectivity index (χ0v) is 8.07. The van der Waals surface area contributed by atoms with Gasteiger partial charge in [0.05, 0.1) is 0 Å². The molecule has 0 aliphatic heterocycles. The molecule has 0 saturated carbocycles. The van der Waals surface area contributed by atoms with Crippen molar-refractivity contribution in [3.63, 3.8) is 0 Å². The molecule has 2 N–H and O–H groups in total. The van der Waals surface area contributed by atoms with Crippen LogP contribution in [0.25, 0.3) is 0 Å². The maximum atomic E-state index is 13.4. The fourth-order valence-corrected chi connectivity index (χ4v) is 1.14. The van der Waals surface area contributed by atoms with E-state index in [1.807, 2.05) is 0 Å². The molecule has 1 nitrogen and oxygen atoms in total. The van der Waals surface area contributed by atoms with Gasteiger partial charge in [-0.15, -0.1) is 0 Å². The minimum atomic E-state index is -1.70. The number of benzene rings is 1. The highest BCUT2D eigenvalue weighted by Gasteiger charge is 2.22. The third-order valence-corrected chi connectivity index (χ3v) is 2.01. The Hall–Kier alpha value is -1.03. The number of halogens is 3. The van der Waals surface area contributed by atoms with Gasteiger partial charge in [-0.2, -0.15) is 0 Å². The van der Waals surface area contributed by atoms with E-state index in [2.05, 4.69) is 0 Å². The SMILES string of the molecule is CC(C)(F)c1cc(F)c(F)c(CN)c1. The number of hydrogen-bond donors (Lipinski definition) is 1. The average molecular weight is 203 g/mol. The number of hydrogen-bond acceptors (Lipinski definition) is 1. The van der Waals surface area contributed by atoms with E-state index in [4.69, 9.17) is 5.73 Å². The van der Waals surface area contributed by atoms with E-state index in [0.29, 0.717) is 0 Å². The Morgan fingerprint density at radius 1 is 1.29 bits per heavy atom. The van der Waals surface area contributed by atoms with E-state index in [1.165, 1.54) is 19.9 Å². The Bertz CT molecular complexity index is 342. The van der Waals surface area contributed by atoms with Crippen LogP contribution in [0, 0.1) is 11.6 Å². The summed E-state index contributed by atoms with van der Waals surface area (Å²) in [6.07, 6.45) is 0. The Kier molecular flexibility index (Phi) is 2.85. The predicted molar refractivity (Wildman–Crippen MR) is 48.4 cm³/mol. The molecule has 0 saturated heterocycles. The molecule has 0 fully saturated rings. The lowest BCUT2D eigenvalue weighted by atomic mass is 9.97. The molecule has 1 rings (SSSR count). The molecular formula is C10H12F3N. The van der Waals surface area contributed by atoms with Crippen LogP contribution in [-0.2, 0) is 12.2 Å². The summed E-state index contributed by atoms with van der Waals surface area (Å²) < 4.78 is 39.4. The molecule has 0 radical (unpaired) electrons. The molecular weight excluding hydrogens is 191 g/mol. The van der Waals surface area contributed by atoms with E-state index < -0.39 is 17.3 Å². The Morgan fingerprint density at radius 3 is 2.29 bits per heavy atom. The largest absolute Gasteiger partial charge is 0.326 e. The van der Waals surface area contributed by atoms with Crippen molar-refractivity contribution in [1.82, 2.24) is 0 Å². The summed E-state index contributed by atoms with van der Waals surface area (Å²) in [5, 5.41) is 0. The normalized spacial score (nSPS) is 11.9. The van der Waals surface area contributed by atoms with Gasteiger partial charge in [0.2, 0.25) is 0 Å². The number of alkyl halides is 1. The van der Waals surface area contributed by atoms with Crippen LogP contribution < -0.4 is 5.73 Å². The van der Waals surface area contributed by atoms with Crippen molar-refractivity contribution in [2.45, 2.75) is 26.1 Å². The summed E-state index contributed by atoms with van der Waals surface area (Å²) in [6.45, 7) is 2.41. The predicted octanol–water partition coefficient (Wildman–Crippen LogP) is 2.63. The van der Waals surface area contributed by atoms with Crippen molar-refractivity contribution < 1.29 is 13.2 Å². The van der Waals surface area contributed by atoms with Gasteiger partial charge in [-0.25, -0.2) is 13.2 Å². The van der Waals surface area contributed by atoms with Gasteiger partial charge in [0, 0.05) is 12.1 Å². The first-order chi connectivity index (χ1) is 6.36. The van der Waals surface area contributed by atoms with Gasteiger partial charge >= 0.3 is 0 Å². The van der Waals surface area contributed by atoms with Crippen LogP contribution in [-0.4, -0.2) is 0 Å². The first-order valence-corrected chi connectivity index (χ1v) is 4.23. The van der Waals surface area contributed by atoms with Crippen molar-refractivity contribution >= 4 is 0 Å². The van der Waals surface area contributed by atoms with Gasteiger partial charge < -0.3 is 5.73 Å². The zero-order chi connectivity index (χ0) is 10.9. The third kappa shape index (κ3) is 2.07. The van der Waals surface area contributed by atoms with Gasteiger partial charge in [-0.05, 0) is 31.5 Å². The minimum Gasteiger partial charge on any atom is -0.326 e. The molecule has 0 bridgehead atoms. The molecule has 78 valence electrons. The fraction of sp³-hybridized carbons (Fsp3) is 0.400. The summed E-state index contributed by atoms with van der Waals surface area (Å²) in [4.78, 5) is 0. The van der Waals surface area contributed by atoms with Crippen LogP contribution in [0.15, 0.2) is 12.1 Å². The summed E-state index contributed by atoms with van der Waals surface area (Å²) in [6, 6.07) is 2.10. The molecule has 0 heterocycles. The minimum absolute atomic E-state index is 0.00859. The molecule has 14 heavy (non-hydrogen) atoms. The van der Waals surface area contributed by atoms with Crippen molar-refractivity contribution in [2.24, 2.45) is 5.73 Å². The van der Waals surface area contributed by atoms with Gasteiger partial charge in [0.15, 0.2) is 11.6 Å². The van der Waals surface area contributed by atoms with E-state index in [1.54, 1.807) is 0 Å². The highest BCUT2D eigenvalue weighted by Crippen LogP contribution is 2.27. The molecule has 1 aromatic rings. The monoisotopic (exact) mass is 203 g/mol. The smallest absolute Gasteiger partial charge is 0.163 e. The second kappa shape index (κ2) is 3.61. The molecule has 0 aliphatic rings. The van der Waals surface area contributed by atoms with Gasteiger partial charge in [-0.3, -0.25) is 0 Å². The van der Waals surface area contributed by atoms with Crippen LogP contribution in [0.1, 0.15) is 25.0 Å². The third-order valence-electron chi connectivity index (χ3n) is 2.01. The molecule has 0 aliphatic carbocycles. The Morgan fingerprint density at radius 2 is 1.86 bits per heavy atom. The van der Waals surface area contributed by atoms with E-state index >= 15 is 0 Å².